The molecule has 1 fully saturated rings. The molecule has 0 N–H and O–H groups in total. The van der Waals surface area contributed by atoms with Gasteiger partial charge in [-0.05, 0) is 37.7 Å². The molecule has 16 heavy (non-hydrogen) atoms. The monoisotopic (exact) mass is 220 g/mol. The van der Waals surface area contributed by atoms with Gasteiger partial charge in [0.1, 0.15) is 0 Å². The fourth-order valence-corrected chi connectivity index (χ4v) is 2.75. The minimum atomic E-state index is 0.205. The second kappa shape index (κ2) is 3.90. The summed E-state index contributed by atoms with van der Waals surface area (Å²) in [5.74, 6) is 1.79. The van der Waals surface area contributed by atoms with E-state index in [0.717, 1.165) is 24.1 Å². The second-order valence-electron chi connectivity index (χ2n) is 6.55. The Hall–Kier alpha value is -0.790. The summed E-state index contributed by atoms with van der Waals surface area (Å²) >= 11 is 0. The molecule has 0 amide bonds. The van der Waals surface area contributed by atoms with Crippen molar-refractivity contribution in [2.24, 2.45) is 11.8 Å². The fourth-order valence-electron chi connectivity index (χ4n) is 2.75. The third-order valence-corrected chi connectivity index (χ3v) is 3.57. The molecule has 2 rings (SSSR count). The van der Waals surface area contributed by atoms with Gasteiger partial charge in [-0.15, -0.1) is 0 Å². The Kier molecular flexibility index (Phi) is 2.85. The topological polar surface area (TPSA) is 17.8 Å². The van der Waals surface area contributed by atoms with E-state index in [2.05, 4.69) is 50.5 Å². The van der Waals surface area contributed by atoms with Crippen molar-refractivity contribution in [3.63, 3.8) is 0 Å². The molecule has 1 saturated carbocycles. The number of nitrogens with zero attached hydrogens (tertiary/aromatic N) is 2. The maximum Gasteiger partial charge on any atom is 0.0596 e. The molecule has 0 radical (unpaired) electrons. The molecule has 2 heteroatoms. The predicted octanol–water partition coefficient (Wildman–Crippen LogP) is 3.54. The van der Waals surface area contributed by atoms with Crippen LogP contribution < -0.4 is 0 Å². The molecule has 0 unspecified atom stereocenters. The van der Waals surface area contributed by atoms with E-state index in [9.17, 15) is 0 Å². The van der Waals surface area contributed by atoms with Gasteiger partial charge < -0.3 is 0 Å². The third kappa shape index (κ3) is 2.31. The quantitative estimate of drug-likeness (QED) is 0.745. The van der Waals surface area contributed by atoms with Crippen molar-refractivity contribution in [2.45, 2.75) is 59.4 Å². The molecule has 1 aliphatic carbocycles. The molecule has 0 spiro atoms. The van der Waals surface area contributed by atoms with E-state index in [-0.39, 0.29) is 5.41 Å². The first-order chi connectivity index (χ1) is 7.36. The van der Waals surface area contributed by atoms with Crippen LogP contribution in [0.15, 0.2) is 6.07 Å². The SMILES string of the molecule is Cc1cc(C(C)(C)C)n(CC2CC(C)C2)n1. The zero-order valence-electron chi connectivity index (χ0n) is 11.2. The number of hydrogen-bond donors (Lipinski definition) is 0. The summed E-state index contributed by atoms with van der Waals surface area (Å²) < 4.78 is 2.24. The Labute approximate surface area is 99.0 Å². The lowest BCUT2D eigenvalue weighted by Gasteiger charge is -2.33. The van der Waals surface area contributed by atoms with Crippen LogP contribution in [-0.4, -0.2) is 9.78 Å². The Balaban J connectivity index is 2.14. The molecule has 1 aromatic heterocycles. The van der Waals surface area contributed by atoms with Crippen LogP contribution >= 0.6 is 0 Å². The first kappa shape index (κ1) is 11.7. The van der Waals surface area contributed by atoms with Crippen molar-refractivity contribution in [3.05, 3.63) is 17.5 Å². The molecule has 2 nitrogen and oxygen atoms in total. The molecule has 0 saturated heterocycles. The van der Waals surface area contributed by atoms with E-state index in [0.29, 0.717) is 0 Å². The third-order valence-electron chi connectivity index (χ3n) is 3.57. The first-order valence-electron chi connectivity index (χ1n) is 6.41. The second-order valence-corrected chi connectivity index (χ2v) is 6.55. The van der Waals surface area contributed by atoms with E-state index in [1.807, 2.05) is 0 Å². The van der Waals surface area contributed by atoms with Gasteiger partial charge in [-0.3, -0.25) is 4.68 Å². The lowest BCUT2D eigenvalue weighted by Crippen LogP contribution is -2.28. The van der Waals surface area contributed by atoms with Crippen LogP contribution in [0.25, 0.3) is 0 Å². The van der Waals surface area contributed by atoms with Crippen molar-refractivity contribution in [2.75, 3.05) is 0 Å². The molecule has 0 bridgehead atoms. The van der Waals surface area contributed by atoms with Crippen molar-refractivity contribution in [3.8, 4) is 0 Å². The van der Waals surface area contributed by atoms with Gasteiger partial charge in [-0.25, -0.2) is 0 Å². The fraction of sp³-hybridized carbons (Fsp3) is 0.786. The minimum Gasteiger partial charge on any atom is -0.269 e. The van der Waals surface area contributed by atoms with E-state index in [4.69, 9.17) is 0 Å². The van der Waals surface area contributed by atoms with Crippen LogP contribution in [0.5, 0.6) is 0 Å². The molecule has 0 aliphatic heterocycles. The zero-order chi connectivity index (χ0) is 11.9. The van der Waals surface area contributed by atoms with Gasteiger partial charge in [0.2, 0.25) is 0 Å². The smallest absolute Gasteiger partial charge is 0.0596 e. The maximum absolute atomic E-state index is 4.64. The van der Waals surface area contributed by atoms with Crippen LogP contribution in [0.2, 0.25) is 0 Å². The average Bonchev–Trinajstić information content (AvgIpc) is 2.43. The summed E-state index contributed by atoms with van der Waals surface area (Å²) in [7, 11) is 0. The highest BCUT2D eigenvalue weighted by atomic mass is 15.3. The van der Waals surface area contributed by atoms with E-state index in [1.165, 1.54) is 18.5 Å². The number of aromatic nitrogens is 2. The van der Waals surface area contributed by atoms with Crippen LogP contribution in [0.1, 0.15) is 51.9 Å². The van der Waals surface area contributed by atoms with E-state index < -0.39 is 0 Å². The number of hydrogen-bond acceptors (Lipinski definition) is 1. The molecule has 1 aromatic rings. The highest BCUT2D eigenvalue weighted by Gasteiger charge is 2.28. The van der Waals surface area contributed by atoms with Gasteiger partial charge in [0.05, 0.1) is 5.69 Å². The Morgan fingerprint density at radius 2 is 2.00 bits per heavy atom. The predicted molar refractivity (Wildman–Crippen MR) is 67.6 cm³/mol. The summed E-state index contributed by atoms with van der Waals surface area (Å²) in [4.78, 5) is 0. The van der Waals surface area contributed by atoms with Gasteiger partial charge in [0.15, 0.2) is 0 Å². The molecule has 0 aromatic carbocycles. The molecule has 90 valence electrons. The summed E-state index contributed by atoms with van der Waals surface area (Å²) in [6.45, 7) is 12.4. The molecular weight excluding hydrogens is 196 g/mol. The lowest BCUT2D eigenvalue weighted by atomic mass is 9.76. The standard InChI is InChI=1S/C14H24N2/c1-10-6-12(7-10)9-16-13(14(3,4)5)8-11(2)15-16/h8,10,12H,6-7,9H2,1-5H3. The van der Waals surface area contributed by atoms with Crippen LogP contribution in [0.4, 0.5) is 0 Å². The molecule has 1 aliphatic rings. The summed E-state index contributed by atoms with van der Waals surface area (Å²) in [5, 5.41) is 4.64. The summed E-state index contributed by atoms with van der Waals surface area (Å²) in [6, 6.07) is 2.24. The average molecular weight is 220 g/mol. The highest BCUT2D eigenvalue weighted by molar-refractivity contribution is 5.17. The van der Waals surface area contributed by atoms with Crippen molar-refractivity contribution < 1.29 is 0 Å². The van der Waals surface area contributed by atoms with Gasteiger partial charge in [0.25, 0.3) is 0 Å². The van der Waals surface area contributed by atoms with Crippen LogP contribution in [0, 0.1) is 18.8 Å². The molecule has 1 heterocycles. The minimum absolute atomic E-state index is 0.205. The number of rotatable bonds is 2. The Morgan fingerprint density at radius 3 is 2.50 bits per heavy atom. The van der Waals surface area contributed by atoms with E-state index in [1.54, 1.807) is 0 Å². The largest absolute Gasteiger partial charge is 0.269 e. The van der Waals surface area contributed by atoms with Crippen LogP contribution in [-0.2, 0) is 12.0 Å². The maximum atomic E-state index is 4.64. The highest BCUT2D eigenvalue weighted by Crippen LogP contribution is 2.35. The summed E-state index contributed by atoms with van der Waals surface area (Å²) in [5.41, 5.74) is 2.73. The Morgan fingerprint density at radius 1 is 1.38 bits per heavy atom. The lowest BCUT2D eigenvalue weighted by molar-refractivity contribution is 0.178. The van der Waals surface area contributed by atoms with Gasteiger partial charge in [0, 0.05) is 17.7 Å². The zero-order valence-corrected chi connectivity index (χ0v) is 11.2. The Bertz CT molecular complexity index is 365. The normalized spacial score (nSPS) is 25.6. The van der Waals surface area contributed by atoms with Gasteiger partial charge >= 0.3 is 0 Å². The number of aryl methyl sites for hydroxylation is 1. The first-order valence-corrected chi connectivity index (χ1v) is 6.41. The van der Waals surface area contributed by atoms with Gasteiger partial charge in [-0.2, -0.15) is 5.10 Å². The van der Waals surface area contributed by atoms with Crippen molar-refractivity contribution >= 4 is 0 Å². The van der Waals surface area contributed by atoms with E-state index >= 15 is 0 Å². The molecule has 0 atom stereocenters. The molecular formula is C14H24N2. The van der Waals surface area contributed by atoms with Crippen molar-refractivity contribution in [1.29, 1.82) is 0 Å². The van der Waals surface area contributed by atoms with Crippen LogP contribution in [0.3, 0.4) is 0 Å². The summed E-state index contributed by atoms with van der Waals surface area (Å²) in [6.07, 6.45) is 2.75. The van der Waals surface area contributed by atoms with Crippen molar-refractivity contribution in [1.82, 2.24) is 9.78 Å². The van der Waals surface area contributed by atoms with Gasteiger partial charge in [-0.1, -0.05) is 27.7 Å².